The third-order valence-electron chi connectivity index (χ3n) is 4.45. The highest BCUT2D eigenvalue weighted by molar-refractivity contribution is 8.00. The molecule has 4 nitrogen and oxygen atoms in total. The van der Waals surface area contributed by atoms with Crippen LogP contribution in [0.5, 0.6) is 0 Å². The average molecular weight is 369 g/mol. The van der Waals surface area contributed by atoms with Gasteiger partial charge >= 0.3 is 0 Å². The molecule has 0 spiro atoms. The summed E-state index contributed by atoms with van der Waals surface area (Å²) in [6.07, 6.45) is 1.77. The van der Waals surface area contributed by atoms with Crippen molar-refractivity contribution in [3.63, 3.8) is 0 Å². The number of nitrogens with one attached hydrogen (secondary N) is 1. The fraction of sp³-hybridized carbons (Fsp3) is 0.333. The molecule has 2 amide bonds. The molecule has 3 rings (SSSR count). The predicted octanol–water partition coefficient (Wildman–Crippen LogP) is 3.64. The van der Waals surface area contributed by atoms with Gasteiger partial charge < -0.3 is 10.2 Å². The first-order valence-corrected chi connectivity index (χ1v) is 10.1. The Morgan fingerprint density at radius 3 is 2.58 bits per heavy atom. The predicted molar refractivity (Wildman–Crippen MR) is 106 cm³/mol. The third-order valence-corrected chi connectivity index (χ3v) is 5.70. The standard InChI is InChI=1S/C21H24N2O2S/c1-2-13-22-20(25)17-8-10-18(11-9-17)21-23(19(24)15-26-21)14-12-16-6-4-3-5-7-16/h3-11,21H,2,12-15H2,1H3,(H,22,25)/t21-/m1/s1. The Balaban J connectivity index is 1.66. The zero-order valence-corrected chi connectivity index (χ0v) is 15.8. The molecule has 1 aliphatic heterocycles. The van der Waals surface area contributed by atoms with E-state index in [2.05, 4.69) is 17.4 Å². The molecule has 2 aromatic rings. The minimum atomic E-state index is -0.0468. The van der Waals surface area contributed by atoms with Crippen LogP contribution in [0, 0.1) is 0 Å². The molecule has 0 unspecified atom stereocenters. The Hall–Kier alpha value is -2.27. The molecule has 0 aromatic heterocycles. The molecule has 1 fully saturated rings. The largest absolute Gasteiger partial charge is 0.352 e. The van der Waals surface area contributed by atoms with Crippen molar-refractivity contribution in [2.45, 2.75) is 25.1 Å². The van der Waals surface area contributed by atoms with Crippen molar-refractivity contribution in [3.05, 3.63) is 71.3 Å². The number of hydrogen-bond donors (Lipinski definition) is 1. The number of nitrogens with zero attached hydrogens (tertiary/aromatic N) is 1. The summed E-state index contributed by atoms with van der Waals surface area (Å²) in [5, 5.41) is 2.91. The molecule has 136 valence electrons. The number of rotatable bonds is 7. The highest BCUT2D eigenvalue weighted by atomic mass is 32.2. The van der Waals surface area contributed by atoms with Gasteiger partial charge in [0.05, 0.1) is 5.75 Å². The number of benzene rings is 2. The fourth-order valence-corrected chi connectivity index (χ4v) is 4.22. The van der Waals surface area contributed by atoms with Crippen molar-refractivity contribution in [3.8, 4) is 0 Å². The average Bonchev–Trinajstić information content (AvgIpc) is 3.06. The van der Waals surface area contributed by atoms with Gasteiger partial charge in [-0.25, -0.2) is 0 Å². The molecule has 1 heterocycles. The van der Waals surface area contributed by atoms with Gasteiger partial charge in [0.2, 0.25) is 5.91 Å². The molecule has 1 N–H and O–H groups in total. The summed E-state index contributed by atoms with van der Waals surface area (Å²) in [7, 11) is 0. The van der Waals surface area contributed by atoms with E-state index in [-0.39, 0.29) is 17.2 Å². The number of hydrogen-bond acceptors (Lipinski definition) is 3. The number of carbonyl (C=O) groups excluding carboxylic acids is 2. The summed E-state index contributed by atoms with van der Waals surface area (Å²) < 4.78 is 0. The van der Waals surface area contributed by atoms with Gasteiger partial charge in [-0.1, -0.05) is 49.4 Å². The molecule has 1 aliphatic rings. The smallest absolute Gasteiger partial charge is 0.251 e. The van der Waals surface area contributed by atoms with Crippen molar-refractivity contribution >= 4 is 23.6 Å². The third kappa shape index (κ3) is 4.47. The van der Waals surface area contributed by atoms with E-state index in [9.17, 15) is 9.59 Å². The number of amides is 2. The molecular weight excluding hydrogens is 344 g/mol. The molecule has 0 saturated carbocycles. The Kier molecular flexibility index (Phi) is 6.34. The van der Waals surface area contributed by atoms with Gasteiger partial charge in [0, 0.05) is 18.7 Å². The summed E-state index contributed by atoms with van der Waals surface area (Å²) in [6, 6.07) is 17.9. The first-order valence-electron chi connectivity index (χ1n) is 9.02. The van der Waals surface area contributed by atoms with Crippen LogP contribution < -0.4 is 5.32 Å². The van der Waals surface area contributed by atoms with Gasteiger partial charge in [-0.15, -0.1) is 11.8 Å². The quantitative estimate of drug-likeness (QED) is 0.812. The van der Waals surface area contributed by atoms with Crippen molar-refractivity contribution in [1.29, 1.82) is 0 Å². The molecule has 0 bridgehead atoms. The maximum atomic E-state index is 12.3. The Morgan fingerprint density at radius 2 is 1.88 bits per heavy atom. The lowest BCUT2D eigenvalue weighted by Gasteiger charge is -2.24. The fourth-order valence-electron chi connectivity index (χ4n) is 3.01. The van der Waals surface area contributed by atoms with Crippen LogP contribution >= 0.6 is 11.8 Å². The van der Waals surface area contributed by atoms with E-state index >= 15 is 0 Å². The lowest BCUT2D eigenvalue weighted by atomic mass is 10.1. The van der Waals surface area contributed by atoms with Crippen LogP contribution in [0.1, 0.15) is 40.2 Å². The summed E-state index contributed by atoms with van der Waals surface area (Å²) >= 11 is 1.65. The highest BCUT2D eigenvalue weighted by Gasteiger charge is 2.32. The van der Waals surface area contributed by atoms with Gasteiger partial charge in [0.25, 0.3) is 5.91 Å². The molecule has 26 heavy (non-hydrogen) atoms. The summed E-state index contributed by atoms with van der Waals surface area (Å²) in [5.41, 5.74) is 2.97. The van der Waals surface area contributed by atoms with E-state index in [1.165, 1.54) is 5.56 Å². The summed E-state index contributed by atoms with van der Waals surface area (Å²) in [4.78, 5) is 26.3. The van der Waals surface area contributed by atoms with Crippen LogP contribution in [0.3, 0.4) is 0 Å². The zero-order valence-electron chi connectivity index (χ0n) is 15.0. The van der Waals surface area contributed by atoms with Crippen molar-refractivity contribution < 1.29 is 9.59 Å². The van der Waals surface area contributed by atoms with Gasteiger partial charge in [0.15, 0.2) is 0 Å². The molecule has 1 atom stereocenters. The van der Waals surface area contributed by atoms with Gasteiger partial charge in [-0.05, 0) is 36.1 Å². The molecular formula is C21H24N2O2S. The Bertz CT molecular complexity index is 746. The minimum absolute atomic E-state index is 0.0268. The van der Waals surface area contributed by atoms with E-state index in [0.717, 1.165) is 18.4 Å². The normalized spacial score (nSPS) is 16.7. The Morgan fingerprint density at radius 1 is 1.15 bits per heavy atom. The van der Waals surface area contributed by atoms with Crippen LogP contribution in [-0.2, 0) is 11.2 Å². The van der Waals surface area contributed by atoms with Gasteiger partial charge in [-0.3, -0.25) is 9.59 Å². The minimum Gasteiger partial charge on any atom is -0.352 e. The molecule has 0 radical (unpaired) electrons. The highest BCUT2D eigenvalue weighted by Crippen LogP contribution is 2.38. The van der Waals surface area contributed by atoms with Crippen LogP contribution in [0.25, 0.3) is 0 Å². The topological polar surface area (TPSA) is 49.4 Å². The van der Waals surface area contributed by atoms with Crippen LogP contribution in [0.15, 0.2) is 54.6 Å². The Labute approximate surface area is 159 Å². The second kappa shape index (κ2) is 8.90. The number of carbonyl (C=O) groups is 2. The first kappa shape index (κ1) is 18.5. The van der Waals surface area contributed by atoms with E-state index in [1.54, 1.807) is 11.8 Å². The molecule has 1 saturated heterocycles. The van der Waals surface area contributed by atoms with Crippen LogP contribution in [-0.4, -0.2) is 35.6 Å². The van der Waals surface area contributed by atoms with Gasteiger partial charge in [-0.2, -0.15) is 0 Å². The monoisotopic (exact) mass is 368 g/mol. The maximum Gasteiger partial charge on any atom is 0.251 e. The van der Waals surface area contributed by atoms with Crippen LogP contribution in [0.4, 0.5) is 0 Å². The van der Waals surface area contributed by atoms with E-state index < -0.39 is 0 Å². The zero-order chi connectivity index (χ0) is 18.4. The molecule has 5 heteroatoms. The summed E-state index contributed by atoms with van der Waals surface area (Å²) in [6.45, 7) is 3.42. The maximum absolute atomic E-state index is 12.3. The lowest BCUT2D eigenvalue weighted by Crippen LogP contribution is -2.30. The van der Waals surface area contributed by atoms with E-state index in [0.29, 0.717) is 24.4 Å². The van der Waals surface area contributed by atoms with E-state index in [1.807, 2.05) is 54.3 Å². The molecule has 0 aliphatic carbocycles. The lowest BCUT2D eigenvalue weighted by molar-refractivity contribution is -0.128. The second-order valence-corrected chi connectivity index (χ2v) is 7.43. The van der Waals surface area contributed by atoms with Crippen molar-refractivity contribution in [2.24, 2.45) is 0 Å². The van der Waals surface area contributed by atoms with Gasteiger partial charge in [0.1, 0.15) is 5.37 Å². The second-order valence-electron chi connectivity index (χ2n) is 6.36. The number of thioether (sulfide) groups is 1. The first-order chi connectivity index (χ1) is 12.7. The SMILES string of the molecule is CCCNC(=O)c1ccc([C@H]2SCC(=O)N2CCc2ccccc2)cc1. The summed E-state index contributed by atoms with van der Waals surface area (Å²) in [5.74, 6) is 0.647. The molecule has 2 aromatic carbocycles. The van der Waals surface area contributed by atoms with Crippen molar-refractivity contribution in [2.75, 3.05) is 18.8 Å². The van der Waals surface area contributed by atoms with Crippen molar-refractivity contribution in [1.82, 2.24) is 10.2 Å². The van der Waals surface area contributed by atoms with E-state index in [4.69, 9.17) is 0 Å². The van der Waals surface area contributed by atoms with Crippen LogP contribution in [0.2, 0.25) is 0 Å².